The van der Waals surface area contributed by atoms with Crippen LogP contribution >= 0.6 is 11.3 Å². The van der Waals surface area contributed by atoms with Crippen molar-refractivity contribution in [2.24, 2.45) is 4.99 Å². The van der Waals surface area contributed by atoms with Crippen LogP contribution in [0.15, 0.2) is 40.0 Å². The Kier molecular flexibility index (Phi) is 6.34. The lowest BCUT2D eigenvalue weighted by molar-refractivity contribution is 0.357. The van der Waals surface area contributed by atoms with Gasteiger partial charge in [-0.3, -0.25) is 4.99 Å². The molecule has 1 aromatic heterocycles. The van der Waals surface area contributed by atoms with Crippen LogP contribution in [0.3, 0.4) is 0 Å². The number of nitrogens with zero attached hydrogens (tertiary/aromatic N) is 1. The summed E-state index contributed by atoms with van der Waals surface area (Å²) in [5.41, 5.74) is 4.05. The second-order valence-corrected chi connectivity index (χ2v) is 7.17. The van der Waals surface area contributed by atoms with E-state index in [9.17, 15) is 0 Å². The number of guanidine groups is 1. The van der Waals surface area contributed by atoms with E-state index in [0.29, 0.717) is 5.92 Å². The number of thiophene rings is 1. The molecule has 25 heavy (non-hydrogen) atoms. The number of fused-ring (bicyclic) bond motifs is 1. The lowest BCUT2D eigenvalue weighted by Gasteiger charge is -2.13. The van der Waals surface area contributed by atoms with E-state index in [1.807, 2.05) is 0 Å². The van der Waals surface area contributed by atoms with Crippen LogP contribution in [-0.2, 0) is 12.8 Å². The zero-order valence-corrected chi connectivity index (χ0v) is 15.9. The van der Waals surface area contributed by atoms with Gasteiger partial charge in [0.1, 0.15) is 5.75 Å². The molecule has 2 aromatic rings. The van der Waals surface area contributed by atoms with E-state index in [-0.39, 0.29) is 0 Å². The van der Waals surface area contributed by atoms with Crippen LogP contribution < -0.4 is 15.4 Å². The molecule has 0 fully saturated rings. The first-order valence-electron chi connectivity index (χ1n) is 9.05. The molecular formula is C20H27N3OS. The molecule has 1 atom stereocenters. The number of ether oxygens (including phenoxy) is 1. The highest BCUT2D eigenvalue weighted by Crippen LogP contribution is 2.25. The van der Waals surface area contributed by atoms with E-state index in [2.05, 4.69) is 59.5 Å². The largest absolute Gasteiger partial charge is 0.493 e. The molecule has 5 heteroatoms. The van der Waals surface area contributed by atoms with Crippen molar-refractivity contribution in [3.8, 4) is 5.75 Å². The second kappa shape index (κ2) is 8.90. The Bertz CT molecular complexity index is 697. The van der Waals surface area contributed by atoms with Gasteiger partial charge in [0.25, 0.3) is 0 Å². The van der Waals surface area contributed by atoms with Gasteiger partial charge in [0, 0.05) is 32.0 Å². The summed E-state index contributed by atoms with van der Waals surface area (Å²) in [6.07, 6.45) is 2.01. The minimum atomic E-state index is 0.443. The summed E-state index contributed by atoms with van der Waals surface area (Å²) in [4.78, 5) is 4.74. The van der Waals surface area contributed by atoms with Crippen LogP contribution in [0.1, 0.15) is 36.5 Å². The third-order valence-electron chi connectivity index (χ3n) is 4.44. The summed E-state index contributed by atoms with van der Waals surface area (Å²) < 4.78 is 5.57. The van der Waals surface area contributed by atoms with E-state index in [1.165, 1.54) is 16.7 Å². The van der Waals surface area contributed by atoms with Crippen LogP contribution in [0.4, 0.5) is 0 Å². The molecule has 0 spiro atoms. The molecule has 0 saturated carbocycles. The van der Waals surface area contributed by atoms with Gasteiger partial charge in [0.2, 0.25) is 0 Å². The normalized spacial score (nSPS) is 14.7. The fraction of sp³-hybridized carbons (Fsp3) is 0.450. The Morgan fingerprint density at radius 3 is 3.04 bits per heavy atom. The van der Waals surface area contributed by atoms with Gasteiger partial charge in [0.05, 0.1) is 6.61 Å². The average Bonchev–Trinajstić information content (AvgIpc) is 3.30. The first kappa shape index (κ1) is 17.8. The zero-order chi connectivity index (χ0) is 17.5. The van der Waals surface area contributed by atoms with Gasteiger partial charge in [0.15, 0.2) is 5.96 Å². The highest BCUT2D eigenvalue weighted by atomic mass is 32.1. The Morgan fingerprint density at radius 1 is 1.32 bits per heavy atom. The smallest absolute Gasteiger partial charge is 0.191 e. The van der Waals surface area contributed by atoms with Crippen LogP contribution in [0.5, 0.6) is 5.75 Å². The minimum Gasteiger partial charge on any atom is -0.493 e. The number of rotatable bonds is 7. The fourth-order valence-corrected chi connectivity index (χ4v) is 3.73. The minimum absolute atomic E-state index is 0.443. The van der Waals surface area contributed by atoms with Crippen molar-refractivity contribution < 1.29 is 4.74 Å². The molecule has 1 aliphatic heterocycles. The van der Waals surface area contributed by atoms with Gasteiger partial charge in [-0.2, -0.15) is 11.3 Å². The molecule has 1 aromatic carbocycles. The Hall–Kier alpha value is -2.01. The van der Waals surface area contributed by atoms with Crippen molar-refractivity contribution in [2.45, 2.75) is 32.6 Å². The Balaban J connectivity index is 1.50. The molecular weight excluding hydrogens is 330 g/mol. The number of nitrogens with one attached hydrogen (secondary N) is 2. The van der Waals surface area contributed by atoms with Crippen molar-refractivity contribution in [3.63, 3.8) is 0 Å². The Labute approximate surface area is 154 Å². The highest BCUT2D eigenvalue weighted by Gasteiger charge is 2.12. The number of hydrogen-bond acceptors (Lipinski definition) is 3. The Morgan fingerprint density at radius 2 is 2.24 bits per heavy atom. The van der Waals surface area contributed by atoms with Gasteiger partial charge in [-0.1, -0.05) is 19.1 Å². The molecule has 2 heterocycles. The summed E-state index contributed by atoms with van der Waals surface area (Å²) in [5, 5.41) is 11.1. The van der Waals surface area contributed by atoms with E-state index >= 15 is 0 Å². The third-order valence-corrected chi connectivity index (χ3v) is 5.14. The molecule has 3 rings (SSSR count). The number of aliphatic imine (C=N–C) groups is 1. The lowest BCUT2D eigenvalue weighted by atomic mass is 10.1. The summed E-state index contributed by atoms with van der Waals surface area (Å²) in [7, 11) is 0. The lowest BCUT2D eigenvalue weighted by Crippen LogP contribution is -2.38. The summed E-state index contributed by atoms with van der Waals surface area (Å²) in [5.74, 6) is 2.39. The van der Waals surface area contributed by atoms with E-state index in [0.717, 1.165) is 50.8 Å². The van der Waals surface area contributed by atoms with Crippen LogP contribution in [0.25, 0.3) is 0 Å². The average molecular weight is 358 g/mol. The van der Waals surface area contributed by atoms with Gasteiger partial charge in [-0.25, -0.2) is 0 Å². The highest BCUT2D eigenvalue weighted by molar-refractivity contribution is 7.07. The molecule has 0 amide bonds. The zero-order valence-electron chi connectivity index (χ0n) is 15.0. The predicted octanol–water partition coefficient (Wildman–Crippen LogP) is 3.58. The molecule has 0 aliphatic carbocycles. The van der Waals surface area contributed by atoms with Gasteiger partial charge in [-0.05, 0) is 52.9 Å². The summed E-state index contributed by atoms with van der Waals surface area (Å²) in [6, 6.07) is 8.71. The van der Waals surface area contributed by atoms with E-state index in [1.54, 1.807) is 11.3 Å². The topological polar surface area (TPSA) is 45.7 Å². The van der Waals surface area contributed by atoms with Crippen molar-refractivity contribution in [3.05, 3.63) is 51.7 Å². The maximum absolute atomic E-state index is 5.57. The first-order valence-corrected chi connectivity index (χ1v) is 9.99. The third kappa shape index (κ3) is 4.98. The maximum atomic E-state index is 5.57. The molecule has 1 aliphatic rings. The van der Waals surface area contributed by atoms with Crippen molar-refractivity contribution in [1.82, 2.24) is 10.6 Å². The van der Waals surface area contributed by atoms with Crippen LogP contribution in [-0.4, -0.2) is 32.2 Å². The predicted molar refractivity (Wildman–Crippen MR) is 106 cm³/mol. The SMILES string of the molecule is CCNC(=NCC(C)c1ccsc1)NCCc1ccc2c(c1)CCO2. The second-order valence-electron chi connectivity index (χ2n) is 6.39. The fourth-order valence-electron chi connectivity index (χ4n) is 2.95. The van der Waals surface area contributed by atoms with Gasteiger partial charge >= 0.3 is 0 Å². The number of benzene rings is 1. The molecule has 2 N–H and O–H groups in total. The molecule has 0 saturated heterocycles. The quantitative estimate of drug-likeness (QED) is 0.588. The monoisotopic (exact) mass is 357 g/mol. The van der Waals surface area contributed by atoms with Crippen LogP contribution in [0.2, 0.25) is 0 Å². The van der Waals surface area contributed by atoms with E-state index < -0.39 is 0 Å². The molecule has 134 valence electrons. The van der Waals surface area contributed by atoms with E-state index in [4.69, 9.17) is 9.73 Å². The van der Waals surface area contributed by atoms with Gasteiger partial charge in [-0.15, -0.1) is 0 Å². The van der Waals surface area contributed by atoms with Gasteiger partial charge < -0.3 is 15.4 Å². The standard InChI is InChI=1S/C20H27N3OS/c1-3-21-20(23-13-15(2)18-8-11-25-14-18)22-9-6-16-4-5-19-17(12-16)7-10-24-19/h4-5,8,11-12,14-15H,3,6-7,9-10,13H2,1-2H3,(H2,21,22,23). The van der Waals surface area contributed by atoms with Crippen molar-refractivity contribution in [1.29, 1.82) is 0 Å². The molecule has 0 radical (unpaired) electrons. The first-order chi connectivity index (χ1) is 12.3. The molecule has 4 nitrogen and oxygen atoms in total. The summed E-state index contributed by atoms with van der Waals surface area (Å²) >= 11 is 1.74. The maximum Gasteiger partial charge on any atom is 0.191 e. The van der Waals surface area contributed by atoms with Crippen molar-refractivity contribution >= 4 is 17.3 Å². The molecule has 0 bridgehead atoms. The summed E-state index contributed by atoms with van der Waals surface area (Å²) in [6.45, 7) is 7.67. The van der Waals surface area contributed by atoms with Crippen molar-refractivity contribution in [2.75, 3.05) is 26.2 Å². The molecule has 1 unspecified atom stereocenters. The van der Waals surface area contributed by atoms with Crippen LogP contribution in [0, 0.1) is 0 Å². The number of hydrogen-bond donors (Lipinski definition) is 2.